The normalized spacial score (nSPS) is 22.1. The van der Waals surface area contributed by atoms with Crippen LogP contribution in [0.5, 0.6) is 0 Å². The molecule has 9 atom stereocenters. The highest BCUT2D eigenvalue weighted by Crippen LogP contribution is 2.34. The van der Waals surface area contributed by atoms with Crippen molar-refractivity contribution in [3.63, 3.8) is 0 Å². The number of piperidine rings is 1. The van der Waals surface area contributed by atoms with E-state index in [2.05, 4.69) is 41.3 Å². The first-order chi connectivity index (χ1) is 29.0. The average Bonchev–Trinajstić information content (AvgIpc) is 3.56. The molecule has 0 bridgehead atoms. The summed E-state index contributed by atoms with van der Waals surface area (Å²) in [4.78, 5) is 33.9. The van der Waals surface area contributed by atoms with E-state index >= 15 is 0 Å². The van der Waals surface area contributed by atoms with Crippen molar-refractivity contribution in [1.82, 2.24) is 20.9 Å². The molecule has 2 amide bonds. The van der Waals surface area contributed by atoms with E-state index in [1.54, 1.807) is 73.6 Å². The summed E-state index contributed by atoms with van der Waals surface area (Å²) in [7, 11) is 1.47. The number of ether oxygens (including phenoxy) is 3. The average molecular weight is 874 g/mol. The molecule has 0 aromatic carbocycles. The molecule has 2 aliphatic heterocycles. The van der Waals surface area contributed by atoms with Crippen molar-refractivity contribution >= 4 is 17.7 Å². The molecule has 0 aliphatic carbocycles. The van der Waals surface area contributed by atoms with Crippen molar-refractivity contribution in [3.8, 4) is 0 Å². The Bertz CT molecular complexity index is 1690. The highest BCUT2D eigenvalue weighted by molar-refractivity contribution is 6.02. The Morgan fingerprint density at radius 3 is 2.18 bits per heavy atom. The zero-order valence-corrected chi connectivity index (χ0v) is 39.6. The van der Waals surface area contributed by atoms with Gasteiger partial charge in [-0.15, -0.1) is 0 Å². The molecule has 0 aromatic rings. The second-order valence-electron chi connectivity index (χ2n) is 17.7. The van der Waals surface area contributed by atoms with Gasteiger partial charge < -0.3 is 60.6 Å². The van der Waals surface area contributed by atoms with E-state index in [1.807, 2.05) is 13.8 Å². The smallest absolute Gasteiger partial charge is 0.407 e. The van der Waals surface area contributed by atoms with Gasteiger partial charge in [0.1, 0.15) is 28.9 Å². The van der Waals surface area contributed by atoms with Crippen LogP contribution in [0.4, 0.5) is 4.79 Å². The van der Waals surface area contributed by atoms with Crippen LogP contribution in [-0.4, -0.2) is 124 Å². The van der Waals surface area contributed by atoms with Crippen molar-refractivity contribution in [2.75, 3.05) is 39.9 Å². The highest BCUT2D eigenvalue weighted by Gasteiger charge is 2.42. The maximum Gasteiger partial charge on any atom is 0.407 e. The largest absolute Gasteiger partial charge is 0.516 e. The molecule has 15 nitrogen and oxygen atoms in total. The van der Waals surface area contributed by atoms with E-state index in [0.29, 0.717) is 35.9 Å². The summed E-state index contributed by atoms with van der Waals surface area (Å²) in [5.74, 6) is -2.50. The van der Waals surface area contributed by atoms with Gasteiger partial charge in [-0.2, -0.15) is 0 Å². The van der Waals surface area contributed by atoms with Gasteiger partial charge in [0.15, 0.2) is 0 Å². The minimum absolute atomic E-state index is 0.0979. The fourth-order valence-electron chi connectivity index (χ4n) is 8.05. The van der Waals surface area contributed by atoms with Gasteiger partial charge in [0, 0.05) is 80.9 Å². The number of rotatable bonds is 23. The van der Waals surface area contributed by atoms with Gasteiger partial charge in [-0.05, 0) is 53.0 Å². The number of methoxy groups -OCH3 is 1. The first kappa shape index (κ1) is 54.0. The fourth-order valence-corrected chi connectivity index (χ4v) is 8.05. The first-order valence-corrected chi connectivity index (χ1v) is 22.0. The van der Waals surface area contributed by atoms with Crippen molar-refractivity contribution < 1.29 is 49.3 Å². The predicted molar refractivity (Wildman–Crippen MR) is 244 cm³/mol. The lowest BCUT2D eigenvalue weighted by atomic mass is 9.78. The zero-order chi connectivity index (χ0) is 47.1. The highest BCUT2D eigenvalue weighted by atomic mass is 16.6. The third-order valence-corrected chi connectivity index (χ3v) is 12.4. The molecule has 62 heavy (non-hydrogen) atoms. The summed E-state index contributed by atoms with van der Waals surface area (Å²) < 4.78 is 17.6. The van der Waals surface area contributed by atoms with Crippen molar-refractivity contribution in [2.24, 2.45) is 34.6 Å². The maximum atomic E-state index is 13.9. The van der Waals surface area contributed by atoms with Crippen molar-refractivity contribution in [2.45, 2.75) is 138 Å². The van der Waals surface area contributed by atoms with E-state index in [0.717, 1.165) is 44.4 Å². The molecule has 0 radical (unpaired) electrons. The van der Waals surface area contributed by atoms with E-state index in [9.17, 15) is 35.1 Å². The van der Waals surface area contributed by atoms with Crippen LogP contribution in [0.15, 0.2) is 76.2 Å². The monoisotopic (exact) mass is 874 g/mol. The Morgan fingerprint density at radius 1 is 1.02 bits per heavy atom. The number of allylic oxidation sites excluding steroid dienone is 4. The molecule has 15 heteroatoms. The molecule has 0 saturated carbocycles. The molecular weight excluding hydrogens is 795 g/mol. The number of carbonyl (C=O) groups excluding carboxylic acids is 2. The molecule has 2 heterocycles. The molecule has 2 rings (SSSR count). The second kappa shape index (κ2) is 24.6. The van der Waals surface area contributed by atoms with Crippen LogP contribution in [-0.2, 0) is 19.0 Å². The number of aliphatic hydroxyl groups excluding tert-OH is 5. The summed E-state index contributed by atoms with van der Waals surface area (Å²) >= 11 is 0. The molecular formula is C47H79N5O10. The molecule has 0 aromatic heterocycles. The van der Waals surface area contributed by atoms with Gasteiger partial charge in [0.2, 0.25) is 0 Å². The summed E-state index contributed by atoms with van der Waals surface area (Å²) in [6, 6.07) is 0. The first-order valence-electron chi connectivity index (χ1n) is 22.0. The van der Waals surface area contributed by atoms with Gasteiger partial charge in [0.25, 0.3) is 5.91 Å². The third-order valence-electron chi connectivity index (χ3n) is 12.4. The van der Waals surface area contributed by atoms with E-state index in [1.165, 1.54) is 13.2 Å². The van der Waals surface area contributed by atoms with Crippen LogP contribution < -0.4 is 16.0 Å². The lowest BCUT2D eigenvalue weighted by Crippen LogP contribution is -2.50. The topological polar surface area (TPSA) is 215 Å². The van der Waals surface area contributed by atoms with Gasteiger partial charge >= 0.3 is 6.09 Å². The molecule has 8 N–H and O–H groups in total. The van der Waals surface area contributed by atoms with Crippen molar-refractivity contribution in [1.29, 1.82) is 0 Å². The maximum absolute atomic E-state index is 13.9. The molecule has 1 saturated heterocycles. The molecule has 1 unspecified atom stereocenters. The van der Waals surface area contributed by atoms with E-state index in [-0.39, 0.29) is 23.7 Å². The van der Waals surface area contributed by atoms with Crippen LogP contribution in [0, 0.1) is 29.6 Å². The SMILES string of the molecule is C=C(O)/C(C)=C(/O)C(C)(CC)OC/C(NC(=O)/C(C)=C\C=C\[C@H](C)[C@H](O)[C@@H](C)[C@@H](O)[C@@H](C)[C@H](OC(=O)NCC)[C@H](C)[C@H](/C=C/O)OC)=C1/NC2(CCN(CC(C)C)CC2)N=C1C. The lowest BCUT2D eigenvalue weighted by molar-refractivity contribution is -0.117. The Balaban J connectivity index is 2.34. The molecule has 1 spiro atoms. The number of hydrogen-bond acceptors (Lipinski definition) is 13. The summed E-state index contributed by atoms with van der Waals surface area (Å²) in [6.45, 7) is 28.5. The lowest BCUT2D eigenvalue weighted by Gasteiger charge is -2.38. The number of aliphatic hydroxyl groups is 5. The van der Waals surface area contributed by atoms with Gasteiger partial charge in [-0.3, -0.25) is 9.79 Å². The minimum atomic E-state index is -1.21. The summed E-state index contributed by atoms with van der Waals surface area (Å²) in [5.41, 5.74) is 0.667. The molecule has 2 aliphatic rings. The number of hydrogen-bond donors (Lipinski definition) is 8. The number of likely N-dealkylation sites (tertiary alicyclic amines) is 1. The Hall–Kier alpha value is -4.15. The second-order valence-corrected chi connectivity index (χ2v) is 17.7. The van der Waals surface area contributed by atoms with Gasteiger partial charge in [0.05, 0.1) is 48.3 Å². The third kappa shape index (κ3) is 14.7. The van der Waals surface area contributed by atoms with E-state index < -0.39 is 71.4 Å². The van der Waals surface area contributed by atoms with Gasteiger partial charge in [-0.25, -0.2) is 4.79 Å². The summed E-state index contributed by atoms with van der Waals surface area (Å²) in [5, 5.41) is 62.7. The van der Waals surface area contributed by atoms with Crippen LogP contribution in [0.1, 0.15) is 102 Å². The standard InChI is InChI=1S/C47H79N5O10/c1-15-46(13,43(57)31(7)36(12)54)61-27-37(39-35(11)50-47(51-39)21-23-52(24-22-47)26-28(3)4)49-44(58)30(6)19-17-18-29(5)40(55)33(9)41(56)34(10)42(62-45(59)48-16-2)32(8)38(60-14)20-25-53/h17-20,25,28-29,32-34,38,40-42,51,53-57H,12,15-16,21-24,26-27H2,1-11,13-14H3,(H,48,59)(H,49,58)/b18-17+,25-20+,30-19-,39-37-,43-31+/t29-,32+,33+,34+,38-,40-,41+,42+,46?/m0/s1. The van der Waals surface area contributed by atoms with Gasteiger partial charge in [-0.1, -0.05) is 73.3 Å². The number of carbonyl (C=O) groups is 2. The molecule has 352 valence electrons. The predicted octanol–water partition coefficient (Wildman–Crippen LogP) is 6.89. The van der Waals surface area contributed by atoms with Crippen LogP contribution >= 0.6 is 0 Å². The summed E-state index contributed by atoms with van der Waals surface area (Å²) in [6.07, 6.45) is 5.09. The number of amides is 2. The number of aliphatic imine (C=N–C) groups is 1. The fraction of sp³-hybridized carbons (Fsp3) is 0.681. The van der Waals surface area contributed by atoms with Crippen LogP contribution in [0.2, 0.25) is 0 Å². The number of nitrogens with zero attached hydrogens (tertiary/aromatic N) is 2. The van der Waals surface area contributed by atoms with Crippen molar-refractivity contribution in [3.05, 3.63) is 71.2 Å². The Kier molecular flexibility index (Phi) is 21.4. The van der Waals surface area contributed by atoms with Crippen LogP contribution in [0.25, 0.3) is 0 Å². The Morgan fingerprint density at radius 2 is 1.65 bits per heavy atom. The minimum Gasteiger partial charge on any atom is -0.516 e. The quantitative estimate of drug-likeness (QED) is 0.0300. The molecule has 1 fully saturated rings. The zero-order valence-electron chi connectivity index (χ0n) is 39.6. The van der Waals surface area contributed by atoms with Crippen LogP contribution in [0.3, 0.4) is 0 Å². The number of alkyl carbamates (subject to hydrolysis) is 1. The Labute approximate surface area is 370 Å². The number of nitrogens with one attached hydrogen (secondary N) is 3. The van der Waals surface area contributed by atoms with E-state index in [4.69, 9.17) is 19.2 Å².